The molecule has 2 aromatic rings. The average molecular weight is 399 g/mol. The van der Waals surface area contributed by atoms with Crippen molar-refractivity contribution in [1.82, 2.24) is 10.2 Å². The summed E-state index contributed by atoms with van der Waals surface area (Å²) in [4.78, 5) is 27.6. The SMILES string of the molecule is COc1ccc(/C(Cl)=C(/NC(=O)c2ccccc2)C(=O)N2CCCCC2)cc1. The van der Waals surface area contributed by atoms with Gasteiger partial charge in [-0.15, -0.1) is 0 Å². The molecule has 146 valence electrons. The molecule has 0 bridgehead atoms. The number of ether oxygens (including phenoxy) is 1. The maximum absolute atomic E-state index is 13.1. The van der Waals surface area contributed by atoms with Crippen LogP contribution < -0.4 is 10.1 Å². The van der Waals surface area contributed by atoms with Crippen molar-refractivity contribution in [3.63, 3.8) is 0 Å². The van der Waals surface area contributed by atoms with Crippen molar-refractivity contribution in [1.29, 1.82) is 0 Å². The molecule has 1 heterocycles. The quantitative estimate of drug-likeness (QED) is 0.773. The third kappa shape index (κ3) is 4.73. The Morgan fingerprint density at radius 1 is 0.929 bits per heavy atom. The highest BCUT2D eigenvalue weighted by atomic mass is 35.5. The van der Waals surface area contributed by atoms with Gasteiger partial charge in [-0.05, 0) is 61.2 Å². The van der Waals surface area contributed by atoms with Gasteiger partial charge in [0.1, 0.15) is 11.4 Å². The third-order valence-electron chi connectivity index (χ3n) is 4.69. The number of rotatable bonds is 5. The number of nitrogens with zero attached hydrogens (tertiary/aromatic N) is 1. The molecule has 0 unspecified atom stereocenters. The van der Waals surface area contributed by atoms with E-state index in [4.69, 9.17) is 16.3 Å². The van der Waals surface area contributed by atoms with Crippen LogP contribution >= 0.6 is 11.6 Å². The van der Waals surface area contributed by atoms with E-state index in [1.54, 1.807) is 60.5 Å². The number of methoxy groups -OCH3 is 1. The second-order valence-corrected chi connectivity index (χ2v) is 6.97. The first-order valence-corrected chi connectivity index (χ1v) is 9.68. The Morgan fingerprint density at radius 3 is 2.18 bits per heavy atom. The Labute approximate surface area is 169 Å². The first kappa shape index (κ1) is 20.0. The summed E-state index contributed by atoms with van der Waals surface area (Å²) in [6, 6.07) is 15.8. The summed E-state index contributed by atoms with van der Waals surface area (Å²) in [5, 5.41) is 2.95. The predicted molar refractivity (Wildman–Crippen MR) is 110 cm³/mol. The van der Waals surface area contributed by atoms with Crippen LogP contribution in [-0.2, 0) is 4.79 Å². The van der Waals surface area contributed by atoms with Gasteiger partial charge >= 0.3 is 0 Å². The van der Waals surface area contributed by atoms with E-state index in [9.17, 15) is 9.59 Å². The number of piperidine rings is 1. The summed E-state index contributed by atoms with van der Waals surface area (Å²) in [5.74, 6) is 0.0582. The minimum atomic E-state index is -0.368. The maximum Gasteiger partial charge on any atom is 0.271 e. The fraction of sp³-hybridized carbons (Fsp3) is 0.273. The molecule has 1 saturated heterocycles. The molecule has 1 aliphatic heterocycles. The van der Waals surface area contributed by atoms with Crippen molar-refractivity contribution in [3.05, 3.63) is 71.4 Å². The van der Waals surface area contributed by atoms with Gasteiger partial charge in [-0.3, -0.25) is 9.59 Å². The molecule has 0 radical (unpaired) electrons. The molecule has 0 spiro atoms. The van der Waals surface area contributed by atoms with Gasteiger partial charge in [0.05, 0.1) is 12.1 Å². The van der Waals surface area contributed by atoms with E-state index in [-0.39, 0.29) is 22.5 Å². The summed E-state index contributed by atoms with van der Waals surface area (Å²) < 4.78 is 5.17. The number of halogens is 1. The molecule has 1 fully saturated rings. The molecule has 1 aliphatic rings. The zero-order chi connectivity index (χ0) is 19.9. The Balaban J connectivity index is 1.94. The van der Waals surface area contributed by atoms with E-state index in [2.05, 4.69) is 5.32 Å². The smallest absolute Gasteiger partial charge is 0.271 e. The fourth-order valence-electron chi connectivity index (χ4n) is 3.11. The van der Waals surface area contributed by atoms with Gasteiger partial charge in [-0.1, -0.05) is 29.8 Å². The first-order chi connectivity index (χ1) is 13.6. The van der Waals surface area contributed by atoms with Crippen LogP contribution in [0.15, 0.2) is 60.3 Å². The van der Waals surface area contributed by atoms with Crippen LogP contribution in [0.5, 0.6) is 5.75 Å². The number of amides is 2. The lowest BCUT2D eigenvalue weighted by Gasteiger charge is -2.28. The van der Waals surface area contributed by atoms with E-state index >= 15 is 0 Å². The molecule has 0 aliphatic carbocycles. The van der Waals surface area contributed by atoms with Crippen LogP contribution in [0.1, 0.15) is 35.2 Å². The van der Waals surface area contributed by atoms with Crippen LogP contribution in [0.2, 0.25) is 0 Å². The Hall–Kier alpha value is -2.79. The number of hydrogen-bond donors (Lipinski definition) is 1. The molecule has 2 amide bonds. The summed E-state index contributed by atoms with van der Waals surface area (Å²) in [7, 11) is 1.58. The van der Waals surface area contributed by atoms with Crippen molar-refractivity contribution in [3.8, 4) is 5.75 Å². The van der Waals surface area contributed by atoms with Crippen molar-refractivity contribution in [2.45, 2.75) is 19.3 Å². The first-order valence-electron chi connectivity index (χ1n) is 9.30. The predicted octanol–water partition coefficient (Wildman–Crippen LogP) is 4.05. The highest BCUT2D eigenvalue weighted by molar-refractivity contribution is 6.51. The van der Waals surface area contributed by atoms with Crippen LogP contribution in [0, 0.1) is 0 Å². The van der Waals surface area contributed by atoms with Gasteiger partial charge < -0.3 is 15.0 Å². The summed E-state index contributed by atoms with van der Waals surface area (Å²) in [6.45, 7) is 1.33. The monoisotopic (exact) mass is 398 g/mol. The molecular weight excluding hydrogens is 376 g/mol. The van der Waals surface area contributed by atoms with Crippen LogP contribution in [0.25, 0.3) is 5.03 Å². The van der Waals surface area contributed by atoms with Gasteiger partial charge in [0, 0.05) is 18.7 Å². The number of hydrogen-bond acceptors (Lipinski definition) is 3. The van der Waals surface area contributed by atoms with E-state index in [1.165, 1.54) is 0 Å². The third-order valence-corrected chi connectivity index (χ3v) is 5.10. The number of carbonyl (C=O) groups excluding carboxylic acids is 2. The largest absolute Gasteiger partial charge is 0.497 e. The van der Waals surface area contributed by atoms with Crippen LogP contribution in [-0.4, -0.2) is 36.9 Å². The van der Waals surface area contributed by atoms with Crippen LogP contribution in [0.4, 0.5) is 0 Å². The van der Waals surface area contributed by atoms with Crippen molar-refractivity contribution in [2.24, 2.45) is 0 Å². The average Bonchev–Trinajstić information content (AvgIpc) is 2.77. The molecule has 5 nitrogen and oxygen atoms in total. The molecule has 28 heavy (non-hydrogen) atoms. The van der Waals surface area contributed by atoms with Crippen molar-refractivity contribution < 1.29 is 14.3 Å². The summed E-state index contributed by atoms with van der Waals surface area (Å²) >= 11 is 6.59. The van der Waals surface area contributed by atoms with Gasteiger partial charge in [-0.25, -0.2) is 0 Å². The number of likely N-dealkylation sites (tertiary alicyclic amines) is 1. The zero-order valence-electron chi connectivity index (χ0n) is 15.8. The van der Waals surface area contributed by atoms with Gasteiger partial charge in [0.25, 0.3) is 11.8 Å². The maximum atomic E-state index is 13.1. The summed E-state index contributed by atoms with van der Waals surface area (Å²) in [6.07, 6.45) is 3.00. The van der Waals surface area contributed by atoms with Crippen molar-refractivity contribution >= 4 is 28.4 Å². The molecule has 1 N–H and O–H groups in total. The molecule has 3 rings (SSSR count). The van der Waals surface area contributed by atoms with Crippen LogP contribution in [0.3, 0.4) is 0 Å². The number of carbonyl (C=O) groups is 2. The molecule has 6 heteroatoms. The number of benzene rings is 2. The zero-order valence-corrected chi connectivity index (χ0v) is 16.5. The second kappa shape index (κ2) is 9.42. The molecule has 2 aromatic carbocycles. The normalized spacial score (nSPS) is 14.9. The molecule has 0 atom stereocenters. The van der Waals surface area contributed by atoms with Gasteiger partial charge in [0.2, 0.25) is 0 Å². The van der Waals surface area contributed by atoms with E-state index in [1.807, 2.05) is 6.07 Å². The van der Waals surface area contributed by atoms with Gasteiger partial charge in [0.15, 0.2) is 0 Å². The minimum Gasteiger partial charge on any atom is -0.497 e. The lowest BCUT2D eigenvalue weighted by Crippen LogP contribution is -2.41. The molecule has 0 saturated carbocycles. The minimum absolute atomic E-state index is 0.0996. The lowest BCUT2D eigenvalue weighted by atomic mass is 10.1. The summed E-state index contributed by atoms with van der Waals surface area (Å²) in [5.41, 5.74) is 1.20. The standard InChI is InChI=1S/C22H23ClN2O3/c1-28-18-12-10-16(11-13-18)19(23)20(22(27)25-14-6-3-7-15-25)24-21(26)17-8-4-2-5-9-17/h2,4-5,8-13H,3,6-7,14-15H2,1H3,(H,24,26)/b20-19-. The topological polar surface area (TPSA) is 58.6 Å². The highest BCUT2D eigenvalue weighted by Gasteiger charge is 2.25. The molecular formula is C22H23ClN2O3. The van der Waals surface area contributed by atoms with E-state index in [0.29, 0.717) is 30.0 Å². The highest BCUT2D eigenvalue weighted by Crippen LogP contribution is 2.26. The van der Waals surface area contributed by atoms with Crippen molar-refractivity contribution in [2.75, 3.05) is 20.2 Å². The lowest BCUT2D eigenvalue weighted by molar-refractivity contribution is -0.128. The van der Waals surface area contributed by atoms with Gasteiger partial charge in [-0.2, -0.15) is 0 Å². The fourth-order valence-corrected chi connectivity index (χ4v) is 3.37. The number of nitrogens with one attached hydrogen (secondary N) is 1. The molecule has 0 aromatic heterocycles. The van der Waals surface area contributed by atoms with E-state index in [0.717, 1.165) is 19.3 Å². The Morgan fingerprint density at radius 2 is 1.57 bits per heavy atom. The Bertz CT molecular complexity index is 857. The Kier molecular flexibility index (Phi) is 6.71. The second-order valence-electron chi connectivity index (χ2n) is 6.59. The van der Waals surface area contributed by atoms with E-state index < -0.39 is 0 Å².